The normalized spacial score (nSPS) is 19.6. The number of hydrogen-bond acceptors (Lipinski definition) is 3. The molecule has 1 N–H and O–H groups in total. The van der Waals surface area contributed by atoms with E-state index in [9.17, 15) is 9.59 Å². The molecule has 1 aromatic rings. The first-order valence-electron chi connectivity index (χ1n) is 7.89. The van der Waals surface area contributed by atoms with Crippen LogP contribution in [0.15, 0.2) is 18.3 Å². The maximum atomic E-state index is 12.2. The molecule has 0 radical (unpaired) electrons. The van der Waals surface area contributed by atoms with Crippen molar-refractivity contribution in [2.45, 2.75) is 31.7 Å². The summed E-state index contributed by atoms with van der Waals surface area (Å²) in [6.07, 6.45) is 8.83. The zero-order chi connectivity index (χ0) is 15.5. The third-order valence-electron chi connectivity index (χ3n) is 4.36. The lowest BCUT2D eigenvalue weighted by atomic mass is 10.0. The van der Waals surface area contributed by atoms with Gasteiger partial charge in [0.1, 0.15) is 0 Å². The van der Waals surface area contributed by atoms with Gasteiger partial charge in [0.05, 0.1) is 5.69 Å². The van der Waals surface area contributed by atoms with Gasteiger partial charge in [-0.25, -0.2) is 0 Å². The van der Waals surface area contributed by atoms with Gasteiger partial charge >= 0.3 is 0 Å². The number of likely N-dealkylation sites (tertiary alicyclic amines) is 1. The zero-order valence-corrected chi connectivity index (χ0v) is 12.9. The van der Waals surface area contributed by atoms with Crippen LogP contribution >= 0.6 is 0 Å². The van der Waals surface area contributed by atoms with E-state index in [1.165, 1.54) is 0 Å². The number of nitrogens with one attached hydrogen (secondary N) is 1. The third-order valence-corrected chi connectivity index (χ3v) is 4.36. The van der Waals surface area contributed by atoms with E-state index in [0.717, 1.165) is 31.4 Å². The molecule has 2 heterocycles. The molecule has 1 saturated heterocycles. The van der Waals surface area contributed by atoms with Crippen LogP contribution in [0, 0.1) is 5.92 Å². The highest BCUT2D eigenvalue weighted by Crippen LogP contribution is 2.29. The average molecular weight is 302 g/mol. The number of nitrogens with zero attached hydrogens (tertiary/aromatic N) is 3. The van der Waals surface area contributed by atoms with Crippen LogP contribution in [0.2, 0.25) is 0 Å². The van der Waals surface area contributed by atoms with Crippen LogP contribution in [0.5, 0.6) is 0 Å². The molecular weight excluding hydrogens is 280 g/mol. The molecular formula is C16H22N4O2. The monoisotopic (exact) mass is 302 g/mol. The van der Waals surface area contributed by atoms with Crippen LogP contribution in [0.4, 0.5) is 0 Å². The largest absolute Gasteiger partial charge is 0.353 e. The van der Waals surface area contributed by atoms with Gasteiger partial charge in [-0.2, -0.15) is 5.10 Å². The highest BCUT2D eigenvalue weighted by molar-refractivity contribution is 5.91. The standard InChI is InChI=1S/C16H22N4O2/c1-19-14(6-9-17-19)4-5-15(21)20-10-7-13(8-11-20)18-16(22)12-2-3-12/h4-6,9,12-13H,2-3,7-8,10-11H2,1H3,(H,18,22)/b5-4+. The number of amides is 2. The topological polar surface area (TPSA) is 67.2 Å². The Balaban J connectivity index is 1.46. The van der Waals surface area contributed by atoms with Crippen LogP contribution < -0.4 is 5.32 Å². The Morgan fingerprint density at radius 2 is 2.00 bits per heavy atom. The quantitative estimate of drug-likeness (QED) is 0.842. The highest BCUT2D eigenvalue weighted by Gasteiger charge is 2.32. The van der Waals surface area contributed by atoms with E-state index in [2.05, 4.69) is 10.4 Å². The minimum absolute atomic E-state index is 0.0215. The number of rotatable bonds is 4. The van der Waals surface area contributed by atoms with E-state index in [4.69, 9.17) is 0 Å². The van der Waals surface area contributed by atoms with E-state index >= 15 is 0 Å². The third kappa shape index (κ3) is 3.55. The minimum atomic E-state index is 0.0215. The van der Waals surface area contributed by atoms with Crippen LogP contribution in [0.3, 0.4) is 0 Å². The minimum Gasteiger partial charge on any atom is -0.353 e. The second-order valence-corrected chi connectivity index (χ2v) is 6.10. The average Bonchev–Trinajstić information content (AvgIpc) is 3.29. The van der Waals surface area contributed by atoms with Gasteiger partial charge in [0, 0.05) is 44.4 Å². The van der Waals surface area contributed by atoms with Crippen molar-refractivity contribution in [1.82, 2.24) is 20.0 Å². The van der Waals surface area contributed by atoms with E-state index in [0.29, 0.717) is 13.1 Å². The molecule has 0 atom stereocenters. The van der Waals surface area contributed by atoms with Crippen LogP contribution in [0.1, 0.15) is 31.4 Å². The number of carbonyl (C=O) groups is 2. The summed E-state index contributed by atoms with van der Waals surface area (Å²) in [5.74, 6) is 0.468. The van der Waals surface area contributed by atoms with Crippen molar-refractivity contribution in [2.24, 2.45) is 13.0 Å². The Hall–Kier alpha value is -2.11. The van der Waals surface area contributed by atoms with Crippen molar-refractivity contribution in [3.05, 3.63) is 24.0 Å². The zero-order valence-electron chi connectivity index (χ0n) is 12.9. The Bertz CT molecular complexity index is 581. The predicted octanol–water partition coefficient (Wildman–Crippen LogP) is 0.950. The van der Waals surface area contributed by atoms with Gasteiger partial charge in [-0.1, -0.05) is 0 Å². The Labute approximate surface area is 130 Å². The molecule has 2 amide bonds. The van der Waals surface area contributed by atoms with Crippen LogP contribution in [-0.4, -0.2) is 45.6 Å². The maximum Gasteiger partial charge on any atom is 0.246 e. The maximum absolute atomic E-state index is 12.2. The summed E-state index contributed by atoms with van der Waals surface area (Å²) < 4.78 is 1.73. The molecule has 0 aromatic carbocycles. The van der Waals surface area contributed by atoms with Gasteiger partial charge in [-0.15, -0.1) is 0 Å². The number of carbonyl (C=O) groups excluding carboxylic acids is 2. The molecule has 1 aromatic heterocycles. The van der Waals surface area contributed by atoms with Gasteiger partial charge in [-0.3, -0.25) is 14.3 Å². The lowest BCUT2D eigenvalue weighted by molar-refractivity contribution is -0.127. The first-order valence-corrected chi connectivity index (χ1v) is 7.89. The summed E-state index contributed by atoms with van der Waals surface area (Å²) in [4.78, 5) is 25.8. The molecule has 22 heavy (non-hydrogen) atoms. The number of aromatic nitrogens is 2. The SMILES string of the molecule is Cn1nccc1/C=C/C(=O)N1CCC(NC(=O)C2CC2)CC1. The fourth-order valence-corrected chi connectivity index (χ4v) is 2.72. The first-order chi connectivity index (χ1) is 10.6. The summed E-state index contributed by atoms with van der Waals surface area (Å²) in [5.41, 5.74) is 0.903. The fraction of sp³-hybridized carbons (Fsp3) is 0.562. The Morgan fingerprint density at radius 1 is 1.27 bits per heavy atom. The second-order valence-electron chi connectivity index (χ2n) is 6.10. The smallest absolute Gasteiger partial charge is 0.246 e. The molecule has 2 fully saturated rings. The Morgan fingerprint density at radius 3 is 2.59 bits per heavy atom. The lowest BCUT2D eigenvalue weighted by Crippen LogP contribution is -2.46. The van der Waals surface area contributed by atoms with E-state index in [1.54, 1.807) is 23.0 Å². The summed E-state index contributed by atoms with van der Waals surface area (Å²) in [6, 6.07) is 2.09. The molecule has 1 aliphatic heterocycles. The summed E-state index contributed by atoms with van der Waals surface area (Å²) in [6.45, 7) is 1.40. The molecule has 3 rings (SSSR count). The number of hydrogen-bond donors (Lipinski definition) is 1. The van der Waals surface area contributed by atoms with Gasteiger partial charge in [0.15, 0.2) is 0 Å². The molecule has 6 heteroatoms. The van der Waals surface area contributed by atoms with Crippen LogP contribution in [0.25, 0.3) is 6.08 Å². The molecule has 0 unspecified atom stereocenters. The fourth-order valence-electron chi connectivity index (χ4n) is 2.72. The van der Waals surface area contributed by atoms with E-state index < -0.39 is 0 Å². The summed E-state index contributed by atoms with van der Waals surface area (Å²) >= 11 is 0. The first kappa shape index (κ1) is 14.8. The van der Waals surface area contributed by atoms with Crippen molar-refractivity contribution in [1.29, 1.82) is 0 Å². The summed E-state index contributed by atoms with van der Waals surface area (Å²) in [5, 5.41) is 7.16. The van der Waals surface area contributed by atoms with Gasteiger partial charge in [-0.05, 0) is 37.8 Å². The van der Waals surface area contributed by atoms with E-state index in [1.807, 2.05) is 18.0 Å². The van der Waals surface area contributed by atoms with Gasteiger partial charge < -0.3 is 10.2 Å². The predicted molar refractivity (Wildman–Crippen MR) is 82.7 cm³/mol. The molecule has 1 aliphatic carbocycles. The molecule has 2 aliphatic rings. The molecule has 118 valence electrons. The molecule has 0 bridgehead atoms. The number of piperidine rings is 1. The van der Waals surface area contributed by atoms with Crippen molar-refractivity contribution in [3.63, 3.8) is 0 Å². The van der Waals surface area contributed by atoms with Gasteiger partial charge in [0.2, 0.25) is 11.8 Å². The van der Waals surface area contributed by atoms with Crippen molar-refractivity contribution >= 4 is 17.9 Å². The van der Waals surface area contributed by atoms with E-state index in [-0.39, 0.29) is 23.8 Å². The van der Waals surface area contributed by atoms with Crippen LogP contribution in [-0.2, 0) is 16.6 Å². The second kappa shape index (κ2) is 6.34. The van der Waals surface area contributed by atoms with Crippen molar-refractivity contribution < 1.29 is 9.59 Å². The molecule has 6 nitrogen and oxygen atoms in total. The van der Waals surface area contributed by atoms with Gasteiger partial charge in [0.25, 0.3) is 0 Å². The summed E-state index contributed by atoms with van der Waals surface area (Å²) in [7, 11) is 1.85. The lowest BCUT2D eigenvalue weighted by Gasteiger charge is -2.31. The molecule has 0 spiro atoms. The number of aryl methyl sites for hydroxylation is 1. The molecule has 1 saturated carbocycles. The Kier molecular flexibility index (Phi) is 4.27. The van der Waals surface area contributed by atoms with Crippen molar-refractivity contribution in [3.8, 4) is 0 Å². The van der Waals surface area contributed by atoms with Crippen molar-refractivity contribution in [2.75, 3.05) is 13.1 Å². The highest BCUT2D eigenvalue weighted by atomic mass is 16.2.